The molecule has 24 heavy (non-hydrogen) atoms. The van der Waals surface area contributed by atoms with Crippen molar-refractivity contribution in [1.82, 2.24) is 5.32 Å². The number of rotatable bonds is 8. The molecule has 0 spiro atoms. The van der Waals surface area contributed by atoms with Gasteiger partial charge in [-0.05, 0) is 24.6 Å². The van der Waals surface area contributed by atoms with Crippen molar-refractivity contribution < 1.29 is 29.3 Å². The van der Waals surface area contributed by atoms with Gasteiger partial charge in [0.25, 0.3) is 5.91 Å². The summed E-state index contributed by atoms with van der Waals surface area (Å²) in [5, 5.41) is 21.9. The van der Waals surface area contributed by atoms with Gasteiger partial charge in [0.05, 0.1) is 18.8 Å². The maximum Gasteiger partial charge on any atom is 0.302 e. The molecule has 2 amide bonds. The average Bonchev–Trinajstić information content (AvgIpc) is 2.50. The summed E-state index contributed by atoms with van der Waals surface area (Å²) in [5.74, 6) is -1.70. The van der Waals surface area contributed by atoms with Crippen molar-refractivity contribution in [2.75, 3.05) is 13.2 Å². The normalized spacial score (nSPS) is 13.0. The fourth-order valence-corrected chi connectivity index (χ4v) is 2.08. The molecule has 0 bridgehead atoms. The van der Waals surface area contributed by atoms with Crippen LogP contribution in [0.2, 0.25) is 0 Å². The molecule has 8 heteroatoms. The minimum Gasteiger partial charge on any atom is -0.464 e. The SMILES string of the molecule is CC(=O)OCCNC(=O)c1cccc(C(N)=O)c1CC(O)C(C)O. The summed E-state index contributed by atoms with van der Waals surface area (Å²) in [7, 11) is 0. The van der Waals surface area contributed by atoms with E-state index in [0.29, 0.717) is 0 Å². The van der Waals surface area contributed by atoms with Crippen LogP contribution in [0.1, 0.15) is 40.1 Å². The van der Waals surface area contributed by atoms with E-state index >= 15 is 0 Å². The molecular formula is C16H22N2O6. The summed E-state index contributed by atoms with van der Waals surface area (Å²) < 4.78 is 4.72. The lowest BCUT2D eigenvalue weighted by Gasteiger charge is -2.18. The van der Waals surface area contributed by atoms with Crippen LogP contribution in [0.3, 0.4) is 0 Å². The van der Waals surface area contributed by atoms with Crippen molar-refractivity contribution in [3.8, 4) is 0 Å². The highest BCUT2D eigenvalue weighted by Gasteiger charge is 2.22. The van der Waals surface area contributed by atoms with E-state index < -0.39 is 30.0 Å². The molecule has 0 fully saturated rings. The van der Waals surface area contributed by atoms with Gasteiger partial charge >= 0.3 is 5.97 Å². The number of ether oxygens (including phenoxy) is 1. The Morgan fingerprint density at radius 2 is 1.88 bits per heavy atom. The molecule has 2 unspecified atom stereocenters. The van der Waals surface area contributed by atoms with Crippen molar-refractivity contribution in [2.24, 2.45) is 5.73 Å². The van der Waals surface area contributed by atoms with E-state index in [4.69, 9.17) is 10.5 Å². The summed E-state index contributed by atoms with van der Waals surface area (Å²) in [5.41, 5.74) is 5.83. The lowest BCUT2D eigenvalue weighted by molar-refractivity contribution is -0.140. The van der Waals surface area contributed by atoms with Crippen LogP contribution in [0, 0.1) is 0 Å². The van der Waals surface area contributed by atoms with Crippen molar-refractivity contribution in [3.63, 3.8) is 0 Å². The standard InChI is InChI=1S/C16H22N2O6/c1-9(19)14(21)8-13-11(15(17)22)4-3-5-12(13)16(23)18-6-7-24-10(2)20/h3-5,9,14,19,21H,6-8H2,1-2H3,(H2,17,22)(H,18,23). The molecular weight excluding hydrogens is 316 g/mol. The number of nitrogens with one attached hydrogen (secondary N) is 1. The van der Waals surface area contributed by atoms with Crippen molar-refractivity contribution in [3.05, 3.63) is 34.9 Å². The lowest BCUT2D eigenvalue weighted by Crippen LogP contribution is -2.32. The van der Waals surface area contributed by atoms with Gasteiger partial charge < -0.3 is 26.0 Å². The molecule has 0 aliphatic heterocycles. The molecule has 132 valence electrons. The summed E-state index contributed by atoms with van der Waals surface area (Å²) in [6.45, 7) is 2.77. The number of hydrogen-bond donors (Lipinski definition) is 4. The van der Waals surface area contributed by atoms with Crippen LogP contribution in [0.4, 0.5) is 0 Å². The average molecular weight is 338 g/mol. The summed E-state index contributed by atoms with van der Waals surface area (Å²) in [4.78, 5) is 34.5. The van der Waals surface area contributed by atoms with E-state index in [9.17, 15) is 24.6 Å². The fourth-order valence-electron chi connectivity index (χ4n) is 2.08. The molecule has 2 atom stereocenters. The molecule has 1 aromatic carbocycles. The topological polar surface area (TPSA) is 139 Å². The number of primary amides is 1. The third kappa shape index (κ3) is 5.64. The molecule has 0 heterocycles. The third-order valence-electron chi connectivity index (χ3n) is 3.35. The first-order valence-electron chi connectivity index (χ1n) is 7.43. The van der Waals surface area contributed by atoms with Crippen LogP contribution in [0.5, 0.6) is 0 Å². The van der Waals surface area contributed by atoms with Gasteiger partial charge in [-0.2, -0.15) is 0 Å². The second kappa shape index (κ2) is 8.99. The first-order valence-corrected chi connectivity index (χ1v) is 7.43. The van der Waals surface area contributed by atoms with E-state index in [1.165, 1.54) is 32.0 Å². The zero-order valence-corrected chi connectivity index (χ0v) is 13.6. The second-order valence-electron chi connectivity index (χ2n) is 5.30. The summed E-state index contributed by atoms with van der Waals surface area (Å²) >= 11 is 0. The number of aliphatic hydroxyl groups is 2. The predicted octanol–water partition coefficient (Wildman–Crippen LogP) is -0.637. The Labute approximate surface area is 139 Å². The quantitative estimate of drug-likeness (QED) is 0.367. The number of benzene rings is 1. The number of carbonyl (C=O) groups excluding carboxylic acids is 3. The third-order valence-corrected chi connectivity index (χ3v) is 3.35. The first-order chi connectivity index (χ1) is 11.2. The molecule has 0 radical (unpaired) electrons. The highest BCUT2D eigenvalue weighted by molar-refractivity contribution is 6.01. The second-order valence-corrected chi connectivity index (χ2v) is 5.30. The Kier molecular flexibility index (Phi) is 7.34. The minimum atomic E-state index is -1.15. The monoisotopic (exact) mass is 338 g/mol. The number of nitrogens with two attached hydrogens (primary N) is 1. The van der Waals surface area contributed by atoms with Crippen LogP contribution in [-0.4, -0.2) is 53.4 Å². The highest BCUT2D eigenvalue weighted by atomic mass is 16.5. The number of esters is 1. The number of hydrogen-bond acceptors (Lipinski definition) is 6. The van der Waals surface area contributed by atoms with Gasteiger partial charge in [-0.25, -0.2) is 0 Å². The van der Waals surface area contributed by atoms with Gasteiger partial charge in [-0.15, -0.1) is 0 Å². The number of aliphatic hydroxyl groups excluding tert-OH is 2. The van der Waals surface area contributed by atoms with Crippen LogP contribution in [-0.2, 0) is 16.0 Å². The molecule has 0 aliphatic carbocycles. The Morgan fingerprint density at radius 1 is 1.25 bits per heavy atom. The van der Waals surface area contributed by atoms with Gasteiger partial charge in [0.15, 0.2) is 0 Å². The van der Waals surface area contributed by atoms with Crippen molar-refractivity contribution >= 4 is 17.8 Å². The maximum absolute atomic E-state index is 12.3. The van der Waals surface area contributed by atoms with E-state index in [-0.39, 0.29) is 36.3 Å². The van der Waals surface area contributed by atoms with Gasteiger partial charge in [-0.3, -0.25) is 14.4 Å². The van der Waals surface area contributed by atoms with Gasteiger partial charge in [0.1, 0.15) is 6.61 Å². The van der Waals surface area contributed by atoms with Crippen LogP contribution < -0.4 is 11.1 Å². The lowest BCUT2D eigenvalue weighted by atomic mass is 9.93. The maximum atomic E-state index is 12.3. The molecule has 0 aliphatic rings. The van der Waals surface area contributed by atoms with Gasteiger partial charge in [0.2, 0.25) is 5.91 Å². The van der Waals surface area contributed by atoms with Gasteiger partial charge in [0, 0.05) is 24.5 Å². The highest BCUT2D eigenvalue weighted by Crippen LogP contribution is 2.18. The predicted molar refractivity (Wildman–Crippen MR) is 85.3 cm³/mol. The van der Waals surface area contributed by atoms with Crippen LogP contribution in [0.15, 0.2) is 18.2 Å². The molecule has 0 saturated carbocycles. The number of carbonyl (C=O) groups is 3. The molecule has 8 nitrogen and oxygen atoms in total. The van der Waals surface area contributed by atoms with E-state index in [1.807, 2.05) is 0 Å². The van der Waals surface area contributed by atoms with E-state index in [0.717, 1.165) is 0 Å². The van der Waals surface area contributed by atoms with Gasteiger partial charge in [-0.1, -0.05) is 6.07 Å². The minimum absolute atomic E-state index is 0.0161. The summed E-state index contributed by atoms with van der Waals surface area (Å²) in [6, 6.07) is 4.43. The largest absolute Gasteiger partial charge is 0.464 e. The zero-order valence-electron chi connectivity index (χ0n) is 13.6. The molecule has 0 aromatic heterocycles. The Bertz CT molecular complexity index is 615. The molecule has 1 aromatic rings. The Morgan fingerprint density at radius 3 is 2.42 bits per heavy atom. The van der Waals surface area contributed by atoms with Crippen molar-refractivity contribution in [1.29, 1.82) is 0 Å². The summed E-state index contributed by atoms with van der Waals surface area (Å²) in [6.07, 6.45) is -2.30. The van der Waals surface area contributed by atoms with E-state index in [2.05, 4.69) is 5.32 Å². The zero-order chi connectivity index (χ0) is 18.3. The molecule has 5 N–H and O–H groups in total. The molecule has 1 rings (SSSR count). The number of amides is 2. The van der Waals surface area contributed by atoms with Crippen molar-refractivity contribution in [2.45, 2.75) is 32.5 Å². The van der Waals surface area contributed by atoms with Crippen LogP contribution >= 0.6 is 0 Å². The fraction of sp³-hybridized carbons (Fsp3) is 0.438. The van der Waals surface area contributed by atoms with E-state index in [1.54, 1.807) is 0 Å². The first kappa shape index (κ1) is 19.6. The Balaban J connectivity index is 2.99. The van der Waals surface area contributed by atoms with Crippen LogP contribution in [0.25, 0.3) is 0 Å². The molecule has 0 saturated heterocycles. The smallest absolute Gasteiger partial charge is 0.302 e. The Hall–Kier alpha value is -2.45.